The summed E-state index contributed by atoms with van der Waals surface area (Å²) in [6.45, 7) is 6.40. The van der Waals surface area contributed by atoms with Gasteiger partial charge in [0.2, 0.25) is 0 Å². The van der Waals surface area contributed by atoms with Gasteiger partial charge in [-0.05, 0) is 19.3 Å². The van der Waals surface area contributed by atoms with Crippen LogP contribution in [-0.2, 0) is 12.8 Å². The molecule has 14 heavy (non-hydrogen) atoms. The summed E-state index contributed by atoms with van der Waals surface area (Å²) in [7, 11) is 0. The Balaban J connectivity index is 2.55. The molecule has 2 heterocycles. The fraction of sp³-hybridized carbons (Fsp3) is 0.545. The fourth-order valence-electron chi connectivity index (χ4n) is 2.16. The maximum Gasteiger partial charge on any atom is 0.131 e. The molecule has 2 rings (SSSR count). The Labute approximate surface area is 84.6 Å². The number of nitrogens with two attached hydrogens (primary N) is 1. The highest BCUT2D eigenvalue weighted by Crippen LogP contribution is 2.27. The predicted molar refractivity (Wildman–Crippen MR) is 58.8 cm³/mol. The molecule has 0 saturated heterocycles. The van der Waals surface area contributed by atoms with E-state index in [4.69, 9.17) is 5.73 Å². The van der Waals surface area contributed by atoms with E-state index < -0.39 is 0 Å². The van der Waals surface area contributed by atoms with E-state index in [0.29, 0.717) is 5.92 Å². The maximum atomic E-state index is 6.03. The maximum absolute atomic E-state index is 6.03. The predicted octanol–water partition coefficient (Wildman–Crippen LogP) is 2.08. The number of fused-ring (bicyclic) bond motifs is 1. The number of aryl methyl sites for hydroxylation is 1. The van der Waals surface area contributed by atoms with E-state index in [-0.39, 0.29) is 0 Å². The molecule has 2 N–H and O–H groups in total. The van der Waals surface area contributed by atoms with Crippen molar-refractivity contribution in [3.63, 3.8) is 0 Å². The second-order valence-corrected chi connectivity index (χ2v) is 4.04. The Bertz CT molecular complexity index is 387. The topological polar surface area (TPSA) is 43.8 Å². The monoisotopic (exact) mass is 191 g/mol. The number of allylic oxidation sites excluding steroid dienone is 2. The largest absolute Gasteiger partial charge is 0.383 e. The normalized spacial score (nSPS) is 20.5. The summed E-state index contributed by atoms with van der Waals surface area (Å²) < 4.78 is 2.08. The van der Waals surface area contributed by atoms with Crippen LogP contribution in [0, 0.1) is 5.92 Å². The lowest BCUT2D eigenvalue weighted by Gasteiger charge is -2.18. The first-order chi connectivity index (χ1) is 6.63. The van der Waals surface area contributed by atoms with Crippen LogP contribution >= 0.6 is 0 Å². The number of anilines is 1. The van der Waals surface area contributed by atoms with Crippen LogP contribution < -0.4 is 5.73 Å². The Morgan fingerprint density at radius 1 is 1.64 bits per heavy atom. The molecule has 3 heteroatoms. The number of imidazole rings is 1. The van der Waals surface area contributed by atoms with Crippen LogP contribution in [0.25, 0.3) is 5.70 Å². The van der Waals surface area contributed by atoms with Gasteiger partial charge in [-0.1, -0.05) is 19.9 Å². The molecule has 3 nitrogen and oxygen atoms in total. The molecular formula is C11H17N3. The Morgan fingerprint density at radius 3 is 3.00 bits per heavy atom. The molecule has 0 amide bonds. The molecule has 76 valence electrons. The van der Waals surface area contributed by atoms with Crippen molar-refractivity contribution < 1.29 is 0 Å². The SMILES string of the molecule is CCc1nc2n(c1N)C(C)=CC(C)C2. The van der Waals surface area contributed by atoms with E-state index in [1.165, 1.54) is 5.70 Å². The van der Waals surface area contributed by atoms with Crippen molar-refractivity contribution >= 4 is 11.5 Å². The Kier molecular flexibility index (Phi) is 2.10. The molecule has 1 atom stereocenters. The molecule has 0 aromatic carbocycles. The van der Waals surface area contributed by atoms with Gasteiger partial charge >= 0.3 is 0 Å². The molecule has 1 aliphatic rings. The molecule has 0 aliphatic carbocycles. The van der Waals surface area contributed by atoms with Crippen molar-refractivity contribution in [1.82, 2.24) is 9.55 Å². The van der Waals surface area contributed by atoms with Crippen LogP contribution in [0.3, 0.4) is 0 Å². The lowest BCUT2D eigenvalue weighted by Crippen LogP contribution is -2.13. The van der Waals surface area contributed by atoms with E-state index in [2.05, 4.69) is 36.4 Å². The van der Waals surface area contributed by atoms with Crippen LogP contribution in [-0.4, -0.2) is 9.55 Å². The van der Waals surface area contributed by atoms with Gasteiger partial charge in [-0.25, -0.2) is 4.98 Å². The fourth-order valence-corrected chi connectivity index (χ4v) is 2.16. The van der Waals surface area contributed by atoms with Crippen LogP contribution in [0.4, 0.5) is 5.82 Å². The van der Waals surface area contributed by atoms with Gasteiger partial charge in [0.05, 0.1) is 5.69 Å². The molecule has 0 saturated carbocycles. The van der Waals surface area contributed by atoms with Crippen LogP contribution in [0.1, 0.15) is 32.3 Å². The molecular weight excluding hydrogens is 174 g/mol. The van der Waals surface area contributed by atoms with Crippen molar-refractivity contribution in [3.05, 3.63) is 17.6 Å². The minimum absolute atomic E-state index is 0.578. The number of aromatic nitrogens is 2. The van der Waals surface area contributed by atoms with Gasteiger partial charge in [0.25, 0.3) is 0 Å². The third-order valence-corrected chi connectivity index (χ3v) is 2.78. The highest BCUT2D eigenvalue weighted by atomic mass is 15.2. The van der Waals surface area contributed by atoms with Crippen molar-refractivity contribution in [1.29, 1.82) is 0 Å². The second-order valence-electron chi connectivity index (χ2n) is 4.04. The summed E-state index contributed by atoms with van der Waals surface area (Å²) in [5.41, 5.74) is 8.27. The van der Waals surface area contributed by atoms with Crippen molar-refractivity contribution in [2.75, 3.05) is 5.73 Å². The molecule has 1 unspecified atom stereocenters. The van der Waals surface area contributed by atoms with Gasteiger partial charge in [0.1, 0.15) is 11.6 Å². The zero-order valence-corrected chi connectivity index (χ0v) is 9.04. The number of nitrogen functional groups attached to an aromatic ring is 1. The van der Waals surface area contributed by atoms with E-state index in [9.17, 15) is 0 Å². The van der Waals surface area contributed by atoms with E-state index in [1.54, 1.807) is 0 Å². The molecule has 0 spiro atoms. The Hall–Kier alpha value is -1.25. The number of rotatable bonds is 1. The lowest BCUT2D eigenvalue weighted by molar-refractivity contribution is 0.652. The number of hydrogen-bond donors (Lipinski definition) is 1. The standard InChI is InChI=1S/C11H17N3/c1-4-9-11(12)14-8(3)5-7(2)6-10(14)13-9/h5,7H,4,6,12H2,1-3H3. The van der Waals surface area contributed by atoms with E-state index in [1.807, 2.05) is 0 Å². The summed E-state index contributed by atoms with van der Waals surface area (Å²) in [5, 5.41) is 0. The first-order valence-electron chi connectivity index (χ1n) is 5.18. The molecule has 0 fully saturated rings. The molecule has 1 aromatic rings. The average molecular weight is 191 g/mol. The highest BCUT2D eigenvalue weighted by Gasteiger charge is 2.20. The van der Waals surface area contributed by atoms with Crippen molar-refractivity contribution in [2.24, 2.45) is 5.92 Å². The van der Waals surface area contributed by atoms with Crippen LogP contribution in [0.15, 0.2) is 6.08 Å². The highest BCUT2D eigenvalue weighted by molar-refractivity contribution is 5.56. The number of nitrogens with zero attached hydrogens (tertiary/aromatic N) is 2. The van der Waals surface area contributed by atoms with Gasteiger partial charge in [0, 0.05) is 12.1 Å². The first kappa shape index (κ1) is 9.31. The van der Waals surface area contributed by atoms with Gasteiger partial charge < -0.3 is 5.73 Å². The second kappa shape index (κ2) is 3.15. The third-order valence-electron chi connectivity index (χ3n) is 2.78. The van der Waals surface area contributed by atoms with Crippen molar-refractivity contribution in [2.45, 2.75) is 33.6 Å². The third kappa shape index (κ3) is 1.24. The summed E-state index contributed by atoms with van der Waals surface area (Å²) in [6, 6.07) is 0. The number of hydrogen-bond acceptors (Lipinski definition) is 2. The smallest absolute Gasteiger partial charge is 0.131 e. The van der Waals surface area contributed by atoms with Crippen LogP contribution in [0.2, 0.25) is 0 Å². The van der Waals surface area contributed by atoms with Gasteiger partial charge in [-0.3, -0.25) is 4.57 Å². The van der Waals surface area contributed by atoms with E-state index >= 15 is 0 Å². The summed E-state index contributed by atoms with van der Waals surface area (Å²) in [5.74, 6) is 2.52. The van der Waals surface area contributed by atoms with Gasteiger partial charge in [-0.2, -0.15) is 0 Å². The quantitative estimate of drug-likeness (QED) is 0.738. The van der Waals surface area contributed by atoms with Crippen LogP contribution in [0.5, 0.6) is 0 Å². The molecule has 1 aliphatic heterocycles. The average Bonchev–Trinajstić information content (AvgIpc) is 2.42. The summed E-state index contributed by atoms with van der Waals surface area (Å²) >= 11 is 0. The molecule has 1 aromatic heterocycles. The summed E-state index contributed by atoms with van der Waals surface area (Å²) in [6.07, 6.45) is 4.17. The zero-order valence-electron chi connectivity index (χ0n) is 9.04. The lowest BCUT2D eigenvalue weighted by atomic mass is 10.0. The minimum atomic E-state index is 0.578. The first-order valence-corrected chi connectivity index (χ1v) is 5.18. The molecule has 0 bridgehead atoms. The minimum Gasteiger partial charge on any atom is -0.383 e. The summed E-state index contributed by atoms with van der Waals surface area (Å²) in [4.78, 5) is 4.57. The zero-order chi connectivity index (χ0) is 10.3. The van der Waals surface area contributed by atoms with E-state index in [0.717, 1.165) is 30.2 Å². The van der Waals surface area contributed by atoms with Crippen molar-refractivity contribution in [3.8, 4) is 0 Å². The van der Waals surface area contributed by atoms with Gasteiger partial charge in [-0.15, -0.1) is 0 Å². The van der Waals surface area contributed by atoms with Gasteiger partial charge in [0.15, 0.2) is 0 Å². The molecule has 0 radical (unpaired) electrons. The Morgan fingerprint density at radius 2 is 2.36 bits per heavy atom.